The van der Waals surface area contributed by atoms with E-state index in [9.17, 15) is 9.90 Å². The van der Waals surface area contributed by atoms with Crippen LogP contribution < -0.4 is 10.6 Å². The van der Waals surface area contributed by atoms with E-state index >= 15 is 0 Å². The molecule has 8 nitrogen and oxygen atoms in total. The number of hydrogen-bond acceptors (Lipinski definition) is 5. The van der Waals surface area contributed by atoms with Crippen LogP contribution in [0.1, 0.15) is 80.1 Å². The average molecular weight is 716 g/mol. The van der Waals surface area contributed by atoms with E-state index in [1.807, 2.05) is 42.5 Å². The minimum absolute atomic E-state index is 0.00292. The summed E-state index contributed by atoms with van der Waals surface area (Å²) in [6.07, 6.45) is 8.00. The van der Waals surface area contributed by atoms with E-state index in [1.165, 1.54) is 19.3 Å². The Labute approximate surface area is 303 Å². The van der Waals surface area contributed by atoms with E-state index in [-0.39, 0.29) is 41.5 Å². The predicted molar refractivity (Wildman–Crippen MR) is 193 cm³/mol. The molecule has 0 spiro atoms. The summed E-state index contributed by atoms with van der Waals surface area (Å²) in [5.41, 5.74) is 5.94. The number of ether oxygens (including phenoxy) is 2. The van der Waals surface area contributed by atoms with Crippen molar-refractivity contribution < 1.29 is 19.4 Å². The highest BCUT2D eigenvalue weighted by Gasteiger charge is 2.51. The van der Waals surface area contributed by atoms with Gasteiger partial charge in [-0.3, -0.25) is 0 Å². The van der Waals surface area contributed by atoms with Crippen molar-refractivity contribution >= 4 is 29.2 Å². The standard InChI is InChI=1S/C40H44Cl2N4O4/c1-24-34(21-46-23-44-36(41)37(46)42)49-38(50-35(24)31-7-5-25(22-47)6-8-31)32-11-9-30(10-12-32)33-4-2-3-26(16-33)20-43-39(48)45-40-17-27-13-28(18-40)15-29(14-27)19-40/h2-12,16,23-24,27-29,34-35,38,47H,13-15,17-22H2,1H3,(H2,43,45,48)/t24-,27?,28?,29?,34+,35+,38+,40?/m0/s1. The van der Waals surface area contributed by atoms with Crippen molar-refractivity contribution in [3.8, 4) is 11.1 Å². The van der Waals surface area contributed by atoms with Gasteiger partial charge in [-0.15, -0.1) is 0 Å². The molecule has 2 heterocycles. The number of benzene rings is 3. The van der Waals surface area contributed by atoms with Crippen LogP contribution in [0.3, 0.4) is 0 Å². The van der Waals surface area contributed by atoms with Crippen LogP contribution in [-0.2, 0) is 29.2 Å². The summed E-state index contributed by atoms with van der Waals surface area (Å²) in [5.74, 6) is 2.35. The second-order valence-electron chi connectivity index (χ2n) is 15.1. The van der Waals surface area contributed by atoms with Crippen molar-refractivity contribution in [2.24, 2.45) is 23.7 Å². The summed E-state index contributed by atoms with van der Waals surface area (Å²) < 4.78 is 15.0. The fourth-order valence-corrected chi connectivity index (χ4v) is 9.73. The highest BCUT2D eigenvalue weighted by molar-refractivity contribution is 6.40. The molecule has 0 radical (unpaired) electrons. The van der Waals surface area contributed by atoms with Gasteiger partial charge in [-0.05, 0) is 90.2 Å². The molecule has 4 atom stereocenters. The minimum Gasteiger partial charge on any atom is -0.392 e. The molecule has 3 aromatic carbocycles. The first-order chi connectivity index (χ1) is 24.2. The number of aliphatic hydroxyl groups is 1. The summed E-state index contributed by atoms with van der Waals surface area (Å²) in [7, 11) is 0. The Morgan fingerprint density at radius 3 is 2.22 bits per heavy atom. The lowest BCUT2D eigenvalue weighted by Gasteiger charge is -2.56. The van der Waals surface area contributed by atoms with E-state index in [0.717, 1.165) is 70.4 Å². The molecule has 4 aliphatic carbocycles. The van der Waals surface area contributed by atoms with Crippen molar-refractivity contribution in [1.82, 2.24) is 20.2 Å². The van der Waals surface area contributed by atoms with Crippen LogP contribution in [0, 0.1) is 23.7 Å². The molecule has 4 saturated carbocycles. The third-order valence-corrected chi connectivity index (χ3v) is 12.3. The molecule has 5 fully saturated rings. The van der Waals surface area contributed by atoms with Crippen LogP contribution in [0.5, 0.6) is 0 Å². The Bertz CT molecular complexity index is 1790. The first-order valence-electron chi connectivity index (χ1n) is 17.9. The maximum absolute atomic E-state index is 13.1. The Morgan fingerprint density at radius 2 is 1.58 bits per heavy atom. The van der Waals surface area contributed by atoms with E-state index in [2.05, 4.69) is 52.9 Å². The maximum atomic E-state index is 13.1. The van der Waals surface area contributed by atoms with E-state index in [0.29, 0.717) is 18.2 Å². The normalized spacial score (nSPS) is 30.0. The van der Waals surface area contributed by atoms with Gasteiger partial charge >= 0.3 is 6.03 Å². The van der Waals surface area contributed by atoms with Crippen LogP contribution >= 0.6 is 23.2 Å². The molecule has 4 bridgehead atoms. The third-order valence-electron chi connectivity index (χ3n) is 11.5. The zero-order valence-corrected chi connectivity index (χ0v) is 29.7. The van der Waals surface area contributed by atoms with Gasteiger partial charge in [-0.1, -0.05) is 96.9 Å². The molecule has 1 saturated heterocycles. The van der Waals surface area contributed by atoms with Gasteiger partial charge in [0.25, 0.3) is 0 Å². The number of imidazole rings is 1. The van der Waals surface area contributed by atoms with Crippen LogP contribution in [-0.4, -0.2) is 32.3 Å². The molecule has 262 valence electrons. The van der Waals surface area contributed by atoms with Gasteiger partial charge in [0.15, 0.2) is 11.4 Å². The van der Waals surface area contributed by atoms with Crippen LogP contribution in [0.25, 0.3) is 11.1 Å². The number of hydrogen-bond donors (Lipinski definition) is 3. The van der Waals surface area contributed by atoms with E-state index in [4.69, 9.17) is 32.7 Å². The predicted octanol–water partition coefficient (Wildman–Crippen LogP) is 8.61. The average Bonchev–Trinajstić information content (AvgIpc) is 3.43. The first-order valence-corrected chi connectivity index (χ1v) is 18.6. The summed E-state index contributed by atoms with van der Waals surface area (Å²) >= 11 is 12.6. The molecular weight excluding hydrogens is 671 g/mol. The van der Waals surface area contributed by atoms with E-state index < -0.39 is 6.29 Å². The van der Waals surface area contributed by atoms with Crippen molar-refractivity contribution in [2.75, 3.05) is 0 Å². The number of carbonyl (C=O) groups is 1. The molecule has 10 heteroatoms. The topological polar surface area (TPSA) is 97.6 Å². The largest absolute Gasteiger partial charge is 0.392 e. The van der Waals surface area contributed by atoms with Crippen molar-refractivity contribution in [1.29, 1.82) is 0 Å². The van der Waals surface area contributed by atoms with Gasteiger partial charge in [-0.25, -0.2) is 9.78 Å². The number of amides is 2. The highest BCUT2D eigenvalue weighted by atomic mass is 35.5. The molecule has 50 heavy (non-hydrogen) atoms. The zero-order chi connectivity index (χ0) is 34.4. The lowest BCUT2D eigenvalue weighted by Crippen LogP contribution is -2.61. The lowest BCUT2D eigenvalue weighted by molar-refractivity contribution is -0.276. The van der Waals surface area contributed by atoms with Crippen molar-refractivity contribution in [3.63, 3.8) is 0 Å². The van der Waals surface area contributed by atoms with Crippen molar-refractivity contribution in [3.05, 3.63) is 112 Å². The SMILES string of the molecule is C[C@H]1[C@@H](Cn2cnc(Cl)c2Cl)O[C@@H](c2ccc(-c3cccc(CNC(=O)NC45CC6CC(CC(C6)C4)C5)c3)cc2)O[C@H]1c1ccc(CO)cc1. The molecule has 4 aromatic rings. The Morgan fingerprint density at radius 1 is 0.900 bits per heavy atom. The second kappa shape index (κ2) is 14.0. The molecule has 0 unspecified atom stereocenters. The molecule has 3 N–H and O–H groups in total. The van der Waals surface area contributed by atoms with Gasteiger partial charge in [0.1, 0.15) is 5.15 Å². The number of aromatic nitrogens is 2. The van der Waals surface area contributed by atoms with Crippen LogP contribution in [0.15, 0.2) is 79.1 Å². The number of urea groups is 1. The maximum Gasteiger partial charge on any atom is 0.315 e. The molecule has 5 aliphatic rings. The number of carbonyl (C=O) groups excluding carboxylic acids is 1. The number of halogens is 2. The molecular formula is C40H44Cl2N4O4. The third kappa shape index (κ3) is 6.93. The fraction of sp³-hybridized carbons (Fsp3) is 0.450. The smallest absolute Gasteiger partial charge is 0.315 e. The Kier molecular flexibility index (Phi) is 9.42. The second-order valence-corrected chi connectivity index (χ2v) is 15.8. The summed E-state index contributed by atoms with van der Waals surface area (Å²) in [5, 5.41) is 16.8. The summed E-state index contributed by atoms with van der Waals surface area (Å²) in [4.78, 5) is 17.2. The van der Waals surface area contributed by atoms with Crippen LogP contribution in [0.2, 0.25) is 10.3 Å². The zero-order valence-electron chi connectivity index (χ0n) is 28.2. The minimum atomic E-state index is -0.617. The number of nitrogens with one attached hydrogen (secondary N) is 2. The molecule has 1 aromatic heterocycles. The van der Waals surface area contributed by atoms with Gasteiger partial charge in [-0.2, -0.15) is 0 Å². The number of rotatable bonds is 9. The quantitative estimate of drug-likeness (QED) is 0.161. The van der Waals surface area contributed by atoms with Gasteiger partial charge in [0.2, 0.25) is 0 Å². The Balaban J connectivity index is 0.950. The van der Waals surface area contributed by atoms with Gasteiger partial charge in [0, 0.05) is 23.6 Å². The van der Waals surface area contributed by atoms with E-state index in [1.54, 1.807) is 10.9 Å². The molecule has 1 aliphatic heterocycles. The number of nitrogens with zero attached hydrogens (tertiary/aromatic N) is 2. The molecule has 9 rings (SSSR count). The summed E-state index contributed by atoms with van der Waals surface area (Å²) in [6.45, 7) is 3.03. The highest BCUT2D eigenvalue weighted by Crippen LogP contribution is 2.55. The summed E-state index contributed by atoms with van der Waals surface area (Å²) in [6, 6.07) is 24.4. The lowest BCUT2D eigenvalue weighted by atomic mass is 9.53. The number of aliphatic hydroxyl groups excluding tert-OH is 1. The van der Waals surface area contributed by atoms with Crippen molar-refractivity contribution in [2.45, 2.75) is 89.2 Å². The first kappa shape index (κ1) is 33.7. The monoisotopic (exact) mass is 714 g/mol. The van der Waals surface area contributed by atoms with Crippen LogP contribution in [0.4, 0.5) is 4.79 Å². The van der Waals surface area contributed by atoms with Gasteiger partial charge in [0.05, 0.1) is 31.7 Å². The molecule has 2 amide bonds. The Hall–Kier alpha value is -3.40. The fourth-order valence-electron chi connectivity index (χ4n) is 9.42. The van der Waals surface area contributed by atoms with Gasteiger partial charge < -0.3 is 29.8 Å².